The number of hydrogen-bond acceptors (Lipinski definition) is 10. The molecule has 1 aromatic carbocycles. The van der Waals surface area contributed by atoms with Crippen molar-refractivity contribution >= 4 is 24.2 Å². The molecule has 11 nitrogen and oxygen atoms in total. The third kappa shape index (κ3) is 11.2. The van der Waals surface area contributed by atoms with Gasteiger partial charge in [-0.2, -0.15) is 0 Å². The minimum atomic E-state index is -1.40. The molecule has 0 saturated carbocycles. The highest BCUT2D eigenvalue weighted by molar-refractivity contribution is 5.76. The number of carboxylic acid groups (broad SMARTS) is 1. The molecule has 0 amide bonds. The standard InChI is InChI=1S/C31H49NO10/c1-10-18(4)16-38-29(36)41-23-14-13-22(15-24(23)42-30(37)39-17-19(5)11-2)25(26(32)27(33)34)20(6)21(7)40-28(35)31(8,9)12-3/h13-15,18-21,25-26H,10-12,16-17,32H2,1-9H3,(H,33,34)/t18?,19?,20?,21?,25?,26-/m0/s1. The van der Waals surface area contributed by atoms with E-state index in [0.717, 1.165) is 12.8 Å². The first-order valence-corrected chi connectivity index (χ1v) is 14.6. The smallest absolute Gasteiger partial charge is 0.480 e. The number of nitrogens with two attached hydrogens (primary N) is 1. The lowest BCUT2D eigenvalue weighted by Gasteiger charge is -2.33. The molecule has 0 aliphatic rings. The van der Waals surface area contributed by atoms with Crippen molar-refractivity contribution in [1.82, 2.24) is 0 Å². The van der Waals surface area contributed by atoms with E-state index in [-0.39, 0.29) is 36.5 Å². The molecule has 0 bridgehead atoms. The summed E-state index contributed by atoms with van der Waals surface area (Å²) in [5.74, 6) is -3.27. The summed E-state index contributed by atoms with van der Waals surface area (Å²) in [5, 5.41) is 9.83. The van der Waals surface area contributed by atoms with E-state index < -0.39 is 53.6 Å². The van der Waals surface area contributed by atoms with Gasteiger partial charge in [0.1, 0.15) is 12.1 Å². The Kier molecular flexibility index (Phi) is 14.8. The third-order valence-electron chi connectivity index (χ3n) is 7.81. The van der Waals surface area contributed by atoms with Crippen molar-refractivity contribution in [2.45, 2.75) is 99.6 Å². The van der Waals surface area contributed by atoms with E-state index in [1.165, 1.54) is 18.2 Å². The zero-order valence-corrected chi connectivity index (χ0v) is 26.4. The maximum atomic E-state index is 12.7. The molecule has 11 heteroatoms. The molecule has 238 valence electrons. The molecule has 0 aliphatic heterocycles. The number of rotatable bonds is 16. The number of aliphatic carboxylic acids is 1. The van der Waals surface area contributed by atoms with Crippen molar-refractivity contribution in [3.05, 3.63) is 23.8 Å². The number of hydrogen-bond donors (Lipinski definition) is 2. The van der Waals surface area contributed by atoms with E-state index >= 15 is 0 Å². The highest BCUT2D eigenvalue weighted by Gasteiger charge is 2.37. The monoisotopic (exact) mass is 595 g/mol. The summed E-state index contributed by atoms with van der Waals surface area (Å²) < 4.78 is 26.8. The van der Waals surface area contributed by atoms with E-state index in [1.807, 2.05) is 34.6 Å². The summed E-state index contributed by atoms with van der Waals surface area (Å²) in [7, 11) is 0. The van der Waals surface area contributed by atoms with Gasteiger partial charge in [-0.1, -0.05) is 60.5 Å². The quantitative estimate of drug-likeness (QED) is 0.125. The summed E-state index contributed by atoms with van der Waals surface area (Å²) in [4.78, 5) is 49.7. The van der Waals surface area contributed by atoms with Crippen LogP contribution in [0.4, 0.5) is 9.59 Å². The van der Waals surface area contributed by atoms with Crippen LogP contribution >= 0.6 is 0 Å². The minimum absolute atomic E-state index is 0.0933. The lowest BCUT2D eigenvalue weighted by Crippen LogP contribution is -2.43. The first kappa shape index (κ1) is 36.7. The average Bonchev–Trinajstić information content (AvgIpc) is 2.95. The Bertz CT molecular complexity index is 1060. The number of carboxylic acids is 1. The van der Waals surface area contributed by atoms with Crippen molar-refractivity contribution in [2.75, 3.05) is 13.2 Å². The Hall–Kier alpha value is -3.34. The summed E-state index contributed by atoms with van der Waals surface area (Å²) in [6.45, 7) is 16.8. The highest BCUT2D eigenvalue weighted by Crippen LogP contribution is 2.38. The largest absolute Gasteiger partial charge is 0.513 e. The van der Waals surface area contributed by atoms with Gasteiger partial charge in [0.15, 0.2) is 11.5 Å². The summed E-state index contributed by atoms with van der Waals surface area (Å²) in [5.41, 5.74) is 5.78. The van der Waals surface area contributed by atoms with Crippen LogP contribution in [0.15, 0.2) is 18.2 Å². The second kappa shape index (κ2) is 16.9. The molecule has 6 atom stereocenters. The zero-order valence-electron chi connectivity index (χ0n) is 26.4. The Labute approximate surface area is 249 Å². The van der Waals surface area contributed by atoms with E-state index in [0.29, 0.717) is 12.0 Å². The minimum Gasteiger partial charge on any atom is -0.480 e. The van der Waals surface area contributed by atoms with Crippen molar-refractivity contribution in [3.8, 4) is 11.5 Å². The lowest BCUT2D eigenvalue weighted by atomic mass is 9.79. The summed E-state index contributed by atoms with van der Waals surface area (Å²) >= 11 is 0. The number of esters is 1. The Morgan fingerprint density at radius 2 is 1.36 bits per heavy atom. The molecule has 1 rings (SSSR count). The molecule has 5 unspecified atom stereocenters. The van der Waals surface area contributed by atoms with Gasteiger partial charge >= 0.3 is 24.2 Å². The van der Waals surface area contributed by atoms with Gasteiger partial charge in [-0.05, 0) is 56.7 Å². The Morgan fingerprint density at radius 1 is 0.857 bits per heavy atom. The SMILES string of the molecule is CCC(C)COC(=O)Oc1ccc(C(C(C)C(C)OC(=O)C(C)(C)CC)[C@H](N)C(=O)O)cc1OC(=O)OCC(C)CC. The fourth-order valence-electron chi connectivity index (χ4n) is 3.65. The molecule has 0 aliphatic carbocycles. The second-order valence-corrected chi connectivity index (χ2v) is 11.7. The van der Waals surface area contributed by atoms with Gasteiger partial charge in [-0.15, -0.1) is 0 Å². The Morgan fingerprint density at radius 3 is 1.81 bits per heavy atom. The molecule has 3 N–H and O–H groups in total. The van der Waals surface area contributed by atoms with Crippen LogP contribution in [0, 0.1) is 23.2 Å². The van der Waals surface area contributed by atoms with Crippen LogP contribution in [-0.4, -0.2) is 54.7 Å². The van der Waals surface area contributed by atoms with E-state index in [2.05, 4.69) is 0 Å². The fourth-order valence-corrected chi connectivity index (χ4v) is 3.65. The van der Waals surface area contributed by atoms with Crippen LogP contribution < -0.4 is 15.2 Å². The third-order valence-corrected chi connectivity index (χ3v) is 7.81. The van der Waals surface area contributed by atoms with Crippen LogP contribution in [-0.2, 0) is 23.8 Å². The van der Waals surface area contributed by atoms with Gasteiger partial charge in [0.05, 0.1) is 18.6 Å². The zero-order chi connectivity index (χ0) is 32.2. The number of carbonyl (C=O) groups is 4. The summed E-state index contributed by atoms with van der Waals surface area (Å²) in [6.07, 6.45) is -0.598. The van der Waals surface area contributed by atoms with Gasteiger partial charge in [0.2, 0.25) is 0 Å². The van der Waals surface area contributed by atoms with Crippen molar-refractivity contribution < 1.29 is 48.0 Å². The molecule has 0 heterocycles. The fraction of sp³-hybridized carbons (Fsp3) is 0.677. The van der Waals surface area contributed by atoms with Crippen molar-refractivity contribution in [2.24, 2.45) is 28.9 Å². The highest BCUT2D eigenvalue weighted by atomic mass is 16.7. The van der Waals surface area contributed by atoms with Crippen molar-refractivity contribution in [1.29, 1.82) is 0 Å². The number of benzene rings is 1. The van der Waals surface area contributed by atoms with Crippen molar-refractivity contribution in [3.63, 3.8) is 0 Å². The maximum Gasteiger partial charge on any atom is 0.513 e. The van der Waals surface area contributed by atoms with E-state index in [9.17, 15) is 24.3 Å². The first-order chi connectivity index (χ1) is 19.6. The number of ether oxygens (including phenoxy) is 5. The van der Waals surface area contributed by atoms with Crippen LogP contribution in [0.3, 0.4) is 0 Å². The van der Waals surface area contributed by atoms with Gasteiger partial charge in [0, 0.05) is 11.8 Å². The molecule has 0 spiro atoms. The first-order valence-electron chi connectivity index (χ1n) is 14.6. The summed E-state index contributed by atoms with van der Waals surface area (Å²) in [6, 6.07) is 2.85. The molecular weight excluding hydrogens is 546 g/mol. The average molecular weight is 596 g/mol. The topological polar surface area (TPSA) is 161 Å². The molecule has 1 aromatic rings. The molecule has 0 saturated heterocycles. The second-order valence-electron chi connectivity index (χ2n) is 11.7. The predicted molar refractivity (Wildman–Crippen MR) is 156 cm³/mol. The van der Waals surface area contributed by atoms with Crippen LogP contribution in [0.25, 0.3) is 0 Å². The van der Waals surface area contributed by atoms with E-state index in [1.54, 1.807) is 27.7 Å². The van der Waals surface area contributed by atoms with E-state index in [4.69, 9.17) is 29.4 Å². The molecule has 0 fully saturated rings. The predicted octanol–water partition coefficient (Wildman–Crippen LogP) is 6.31. The van der Waals surface area contributed by atoms with Gasteiger partial charge in [-0.3, -0.25) is 9.59 Å². The maximum absolute atomic E-state index is 12.7. The van der Waals surface area contributed by atoms with Crippen LogP contribution in [0.1, 0.15) is 93.1 Å². The normalized spacial score (nSPS) is 15.8. The molecule has 0 radical (unpaired) electrons. The van der Waals surface area contributed by atoms with Gasteiger partial charge in [0.25, 0.3) is 0 Å². The molecule has 42 heavy (non-hydrogen) atoms. The Balaban J connectivity index is 3.44. The van der Waals surface area contributed by atoms with Crippen LogP contribution in [0.5, 0.6) is 11.5 Å². The molecular formula is C31H49NO10. The number of carbonyl (C=O) groups excluding carboxylic acids is 3. The van der Waals surface area contributed by atoms with Crippen LogP contribution in [0.2, 0.25) is 0 Å². The lowest BCUT2D eigenvalue weighted by molar-refractivity contribution is -0.162. The van der Waals surface area contributed by atoms with Gasteiger partial charge < -0.3 is 34.5 Å². The van der Waals surface area contributed by atoms with Gasteiger partial charge in [-0.25, -0.2) is 9.59 Å². The molecule has 0 aromatic heterocycles.